The highest BCUT2D eigenvalue weighted by atomic mass is 16.3. The molecule has 134 valence electrons. The molecule has 7 heteroatoms. The molecule has 0 spiro atoms. The van der Waals surface area contributed by atoms with Gasteiger partial charge >= 0.3 is 0 Å². The summed E-state index contributed by atoms with van der Waals surface area (Å²) in [4.78, 5) is 14.6. The first-order valence-corrected chi connectivity index (χ1v) is 8.70. The molecule has 1 atom stereocenters. The largest absolute Gasteiger partial charge is 0.387 e. The summed E-state index contributed by atoms with van der Waals surface area (Å²) >= 11 is 0. The Bertz CT molecular complexity index is 913. The second kappa shape index (κ2) is 6.76. The van der Waals surface area contributed by atoms with E-state index in [4.69, 9.17) is 0 Å². The number of aromatic nitrogens is 4. The van der Waals surface area contributed by atoms with E-state index in [0.29, 0.717) is 37.4 Å². The van der Waals surface area contributed by atoms with E-state index in [1.807, 2.05) is 41.1 Å². The average molecular weight is 351 g/mol. The molecule has 0 bridgehead atoms. The Morgan fingerprint density at radius 3 is 2.85 bits per heavy atom. The van der Waals surface area contributed by atoms with Crippen LogP contribution in [0.4, 0.5) is 0 Å². The third kappa shape index (κ3) is 3.25. The molecule has 1 aliphatic heterocycles. The molecule has 0 radical (unpaired) electrons. The van der Waals surface area contributed by atoms with Crippen LogP contribution in [0.1, 0.15) is 40.3 Å². The number of amides is 1. The summed E-state index contributed by atoms with van der Waals surface area (Å²) in [5, 5.41) is 18.4. The fourth-order valence-electron chi connectivity index (χ4n) is 3.18. The lowest BCUT2D eigenvalue weighted by Crippen LogP contribution is -2.38. The van der Waals surface area contributed by atoms with E-state index in [1.54, 1.807) is 28.9 Å². The van der Waals surface area contributed by atoms with E-state index in [0.717, 1.165) is 11.3 Å². The maximum atomic E-state index is 12.8. The van der Waals surface area contributed by atoms with Gasteiger partial charge in [0.05, 0.1) is 48.9 Å². The van der Waals surface area contributed by atoms with Gasteiger partial charge in [-0.3, -0.25) is 14.2 Å². The van der Waals surface area contributed by atoms with Gasteiger partial charge in [-0.15, -0.1) is 0 Å². The average Bonchev–Trinajstić information content (AvgIpc) is 3.28. The molecule has 3 aromatic rings. The van der Waals surface area contributed by atoms with Crippen LogP contribution in [0.3, 0.4) is 0 Å². The van der Waals surface area contributed by atoms with Crippen LogP contribution in [0.15, 0.2) is 48.8 Å². The molecule has 3 heterocycles. The summed E-state index contributed by atoms with van der Waals surface area (Å²) in [6, 6.07) is 11.9. The van der Waals surface area contributed by atoms with Gasteiger partial charge in [-0.1, -0.05) is 30.3 Å². The van der Waals surface area contributed by atoms with Crippen LogP contribution in [0, 0.1) is 0 Å². The molecular weight excluding hydrogens is 330 g/mol. The van der Waals surface area contributed by atoms with Gasteiger partial charge in [0, 0.05) is 12.7 Å². The van der Waals surface area contributed by atoms with Gasteiger partial charge in [-0.2, -0.15) is 10.2 Å². The van der Waals surface area contributed by atoms with Gasteiger partial charge in [-0.05, 0) is 18.6 Å². The van der Waals surface area contributed by atoms with Crippen molar-refractivity contribution in [3.05, 3.63) is 71.3 Å². The Balaban J connectivity index is 1.46. The first kappa shape index (κ1) is 16.5. The maximum absolute atomic E-state index is 12.8. The van der Waals surface area contributed by atoms with Gasteiger partial charge in [0.25, 0.3) is 5.91 Å². The summed E-state index contributed by atoms with van der Waals surface area (Å²) in [5.41, 5.74) is 3.31. The quantitative estimate of drug-likeness (QED) is 0.778. The number of aliphatic hydroxyl groups excluding tert-OH is 1. The zero-order valence-corrected chi connectivity index (χ0v) is 14.6. The van der Waals surface area contributed by atoms with Crippen molar-refractivity contribution in [2.24, 2.45) is 0 Å². The monoisotopic (exact) mass is 351 g/mol. The first-order valence-electron chi connectivity index (χ1n) is 8.70. The molecule has 1 aromatic carbocycles. The lowest BCUT2D eigenvalue weighted by Gasteiger charge is -2.27. The Kier molecular flexibility index (Phi) is 4.30. The normalized spacial score (nSPS) is 14.9. The third-order valence-corrected chi connectivity index (χ3v) is 4.60. The number of fused-ring (bicyclic) bond motifs is 1. The van der Waals surface area contributed by atoms with Crippen molar-refractivity contribution in [2.45, 2.75) is 32.7 Å². The highest BCUT2D eigenvalue weighted by Gasteiger charge is 2.24. The number of hydrogen-bond donors (Lipinski definition) is 1. The lowest BCUT2D eigenvalue weighted by molar-refractivity contribution is 0.0705. The van der Waals surface area contributed by atoms with Crippen LogP contribution in [0.25, 0.3) is 0 Å². The van der Waals surface area contributed by atoms with Crippen LogP contribution >= 0.6 is 0 Å². The highest BCUT2D eigenvalue weighted by Crippen LogP contribution is 2.19. The second-order valence-electron chi connectivity index (χ2n) is 6.60. The van der Waals surface area contributed by atoms with Crippen LogP contribution in [-0.2, 0) is 19.6 Å². The number of aliphatic hydroxyl groups is 1. The number of nitrogens with zero attached hydrogens (tertiary/aromatic N) is 5. The van der Waals surface area contributed by atoms with E-state index in [-0.39, 0.29) is 5.91 Å². The molecule has 2 aromatic heterocycles. The first-order chi connectivity index (χ1) is 12.6. The van der Waals surface area contributed by atoms with E-state index < -0.39 is 6.10 Å². The van der Waals surface area contributed by atoms with Crippen molar-refractivity contribution in [3.8, 4) is 0 Å². The topological polar surface area (TPSA) is 76.2 Å². The smallest absolute Gasteiger partial charge is 0.257 e. The van der Waals surface area contributed by atoms with Crippen molar-refractivity contribution in [2.75, 3.05) is 6.54 Å². The molecular formula is C19H21N5O2. The van der Waals surface area contributed by atoms with Crippen molar-refractivity contribution in [1.82, 2.24) is 24.5 Å². The Morgan fingerprint density at radius 1 is 1.27 bits per heavy atom. The summed E-state index contributed by atoms with van der Waals surface area (Å²) < 4.78 is 3.65. The molecule has 1 N–H and O–H groups in total. The van der Waals surface area contributed by atoms with E-state index >= 15 is 0 Å². The SMILES string of the molecule is CC(O)c1cc2n(n1)CCN(C(=O)c1cnn(Cc3ccccc3)c1)C2. The molecule has 26 heavy (non-hydrogen) atoms. The number of rotatable bonds is 4. The van der Waals surface area contributed by atoms with E-state index in [1.165, 1.54) is 0 Å². The summed E-state index contributed by atoms with van der Waals surface area (Å²) in [7, 11) is 0. The van der Waals surface area contributed by atoms with Gasteiger partial charge in [0.15, 0.2) is 0 Å². The van der Waals surface area contributed by atoms with Gasteiger partial charge in [0.1, 0.15) is 0 Å². The molecule has 1 aliphatic rings. The Hall–Kier alpha value is -2.93. The fourth-order valence-corrected chi connectivity index (χ4v) is 3.18. The van der Waals surface area contributed by atoms with Crippen molar-refractivity contribution >= 4 is 5.91 Å². The zero-order chi connectivity index (χ0) is 18.1. The third-order valence-electron chi connectivity index (χ3n) is 4.60. The van der Waals surface area contributed by atoms with E-state index in [2.05, 4.69) is 10.2 Å². The molecule has 0 fully saturated rings. The van der Waals surface area contributed by atoms with Crippen molar-refractivity contribution in [1.29, 1.82) is 0 Å². The summed E-state index contributed by atoms with van der Waals surface area (Å²) in [5.74, 6) is -0.0321. The van der Waals surface area contributed by atoms with Crippen LogP contribution in [-0.4, -0.2) is 42.0 Å². The molecule has 7 nitrogen and oxygen atoms in total. The van der Waals surface area contributed by atoms with Crippen molar-refractivity contribution < 1.29 is 9.90 Å². The van der Waals surface area contributed by atoms with Crippen LogP contribution in [0.2, 0.25) is 0 Å². The molecule has 4 rings (SSSR count). The fraction of sp³-hybridized carbons (Fsp3) is 0.316. The molecule has 1 amide bonds. The summed E-state index contributed by atoms with van der Waals surface area (Å²) in [6.07, 6.45) is 2.81. The maximum Gasteiger partial charge on any atom is 0.257 e. The van der Waals surface area contributed by atoms with Gasteiger partial charge in [0.2, 0.25) is 0 Å². The highest BCUT2D eigenvalue weighted by molar-refractivity contribution is 5.93. The number of carbonyl (C=O) groups excluding carboxylic acids is 1. The standard InChI is InChI=1S/C19H21N5O2/c1-14(25)18-9-17-13-22(7-8-24(17)21-18)19(26)16-10-20-23(12-16)11-15-5-3-2-4-6-15/h2-6,9-10,12,14,25H,7-8,11,13H2,1H3. The minimum absolute atomic E-state index is 0.0321. The van der Waals surface area contributed by atoms with Crippen molar-refractivity contribution in [3.63, 3.8) is 0 Å². The number of carbonyl (C=O) groups is 1. The molecule has 0 saturated carbocycles. The predicted molar refractivity (Wildman–Crippen MR) is 95.4 cm³/mol. The Morgan fingerprint density at radius 2 is 2.08 bits per heavy atom. The minimum atomic E-state index is -0.603. The van der Waals surface area contributed by atoms with Gasteiger partial charge in [-0.25, -0.2) is 0 Å². The summed E-state index contributed by atoms with van der Waals surface area (Å²) in [6.45, 7) is 4.04. The number of benzene rings is 1. The second-order valence-corrected chi connectivity index (χ2v) is 6.60. The van der Waals surface area contributed by atoms with Crippen LogP contribution < -0.4 is 0 Å². The Labute approximate surface area is 151 Å². The number of hydrogen-bond acceptors (Lipinski definition) is 4. The zero-order valence-electron chi connectivity index (χ0n) is 14.6. The minimum Gasteiger partial charge on any atom is -0.387 e. The molecule has 0 saturated heterocycles. The lowest BCUT2D eigenvalue weighted by atomic mass is 10.2. The predicted octanol–water partition coefficient (Wildman–Crippen LogP) is 1.84. The van der Waals surface area contributed by atoms with Crippen LogP contribution in [0.5, 0.6) is 0 Å². The van der Waals surface area contributed by atoms with Gasteiger partial charge < -0.3 is 10.0 Å². The molecule has 0 aliphatic carbocycles. The molecule has 1 unspecified atom stereocenters. The van der Waals surface area contributed by atoms with E-state index in [9.17, 15) is 9.90 Å².